The molecule has 0 spiro atoms. The number of hydrogen-bond acceptors (Lipinski definition) is 2. The molecular weight excluding hydrogens is 248 g/mol. The maximum absolute atomic E-state index is 12.0. The van der Waals surface area contributed by atoms with E-state index in [-0.39, 0.29) is 18.3 Å². The Morgan fingerprint density at radius 1 is 1.44 bits per heavy atom. The smallest absolute Gasteiger partial charge is 0.251 e. The lowest BCUT2D eigenvalue weighted by molar-refractivity contribution is 0.0949. The van der Waals surface area contributed by atoms with E-state index in [1.54, 1.807) is 0 Å². The van der Waals surface area contributed by atoms with Crippen molar-refractivity contribution in [3.8, 4) is 0 Å². The molecular formula is C14H21ClN2O. The summed E-state index contributed by atoms with van der Waals surface area (Å²) in [5.74, 6) is 0.0381. The molecule has 1 aliphatic rings. The van der Waals surface area contributed by atoms with Crippen LogP contribution in [0.25, 0.3) is 0 Å². The second kappa shape index (κ2) is 6.76. The van der Waals surface area contributed by atoms with Gasteiger partial charge in [-0.05, 0) is 44.9 Å². The first-order chi connectivity index (χ1) is 8.16. The van der Waals surface area contributed by atoms with Crippen LogP contribution in [0.5, 0.6) is 0 Å². The number of benzene rings is 1. The summed E-state index contributed by atoms with van der Waals surface area (Å²) in [6.07, 6.45) is 2.37. The average Bonchev–Trinajstić information content (AvgIpc) is 2.78. The number of carbonyl (C=O) groups excluding carboxylic acids is 1. The van der Waals surface area contributed by atoms with Gasteiger partial charge >= 0.3 is 0 Å². The van der Waals surface area contributed by atoms with Crippen LogP contribution in [-0.4, -0.2) is 25.0 Å². The van der Waals surface area contributed by atoms with Gasteiger partial charge in [-0.25, -0.2) is 0 Å². The van der Waals surface area contributed by atoms with E-state index in [1.165, 1.54) is 12.0 Å². The van der Waals surface area contributed by atoms with Gasteiger partial charge in [-0.2, -0.15) is 0 Å². The number of rotatable bonds is 3. The van der Waals surface area contributed by atoms with E-state index in [0.29, 0.717) is 6.04 Å². The molecule has 1 aromatic carbocycles. The average molecular weight is 269 g/mol. The summed E-state index contributed by atoms with van der Waals surface area (Å²) >= 11 is 0. The van der Waals surface area contributed by atoms with E-state index in [4.69, 9.17) is 0 Å². The molecule has 1 saturated heterocycles. The molecule has 100 valence electrons. The lowest BCUT2D eigenvalue weighted by Gasteiger charge is -2.12. The summed E-state index contributed by atoms with van der Waals surface area (Å²) in [4.78, 5) is 12.0. The van der Waals surface area contributed by atoms with Gasteiger partial charge in [0, 0.05) is 18.2 Å². The summed E-state index contributed by atoms with van der Waals surface area (Å²) in [5, 5.41) is 6.37. The van der Waals surface area contributed by atoms with Crippen LogP contribution in [0.4, 0.5) is 0 Å². The molecule has 18 heavy (non-hydrogen) atoms. The predicted molar refractivity (Wildman–Crippen MR) is 76.5 cm³/mol. The fraction of sp³-hybridized carbons (Fsp3) is 0.500. The van der Waals surface area contributed by atoms with E-state index < -0.39 is 0 Å². The summed E-state index contributed by atoms with van der Waals surface area (Å²) in [6.45, 7) is 5.82. The maximum atomic E-state index is 12.0. The molecule has 2 rings (SSSR count). The standard InChI is InChI=1S/C14H20N2O.ClH/c1-10-5-6-13(11(2)8-10)14(17)16-9-12-4-3-7-15-12;/h5-6,8,12,15H,3-4,7,9H2,1-2H3,(H,16,17);1H. The summed E-state index contributed by atoms with van der Waals surface area (Å²) in [5.41, 5.74) is 3.02. The molecule has 1 unspecified atom stereocenters. The zero-order valence-corrected chi connectivity index (χ0v) is 11.8. The van der Waals surface area contributed by atoms with E-state index >= 15 is 0 Å². The third kappa shape index (κ3) is 3.72. The number of halogens is 1. The second-order valence-electron chi connectivity index (χ2n) is 4.82. The largest absolute Gasteiger partial charge is 0.350 e. The van der Waals surface area contributed by atoms with Crippen molar-refractivity contribution in [1.82, 2.24) is 10.6 Å². The predicted octanol–water partition coefficient (Wildman–Crippen LogP) is 2.21. The topological polar surface area (TPSA) is 41.1 Å². The molecule has 0 saturated carbocycles. The molecule has 1 aliphatic heterocycles. The number of carbonyl (C=O) groups is 1. The van der Waals surface area contributed by atoms with Crippen molar-refractivity contribution in [2.45, 2.75) is 32.7 Å². The molecule has 0 aromatic heterocycles. The summed E-state index contributed by atoms with van der Waals surface area (Å²) in [7, 11) is 0. The summed E-state index contributed by atoms with van der Waals surface area (Å²) < 4.78 is 0. The minimum absolute atomic E-state index is 0. The van der Waals surface area contributed by atoms with Crippen molar-refractivity contribution in [3.05, 3.63) is 34.9 Å². The third-order valence-corrected chi connectivity index (χ3v) is 3.30. The molecule has 0 bridgehead atoms. The highest BCUT2D eigenvalue weighted by Crippen LogP contribution is 2.10. The Labute approximate surface area is 115 Å². The van der Waals surface area contributed by atoms with E-state index in [0.717, 1.165) is 30.6 Å². The van der Waals surface area contributed by atoms with Gasteiger partial charge in [0.1, 0.15) is 0 Å². The highest BCUT2D eigenvalue weighted by atomic mass is 35.5. The molecule has 1 fully saturated rings. The van der Waals surface area contributed by atoms with Gasteiger partial charge < -0.3 is 10.6 Å². The van der Waals surface area contributed by atoms with Crippen molar-refractivity contribution in [2.24, 2.45) is 0 Å². The minimum atomic E-state index is 0. The molecule has 2 N–H and O–H groups in total. The van der Waals surface area contributed by atoms with Crippen LogP contribution in [0, 0.1) is 13.8 Å². The van der Waals surface area contributed by atoms with Crippen LogP contribution in [0.2, 0.25) is 0 Å². The van der Waals surface area contributed by atoms with Crippen LogP contribution < -0.4 is 10.6 Å². The molecule has 1 atom stereocenters. The van der Waals surface area contributed by atoms with Gasteiger partial charge in [0.15, 0.2) is 0 Å². The zero-order valence-electron chi connectivity index (χ0n) is 11.0. The fourth-order valence-electron chi connectivity index (χ4n) is 2.31. The van der Waals surface area contributed by atoms with Gasteiger partial charge in [0.25, 0.3) is 5.91 Å². The maximum Gasteiger partial charge on any atom is 0.251 e. The molecule has 1 heterocycles. The second-order valence-corrected chi connectivity index (χ2v) is 4.82. The normalized spacial score (nSPS) is 18.2. The van der Waals surface area contributed by atoms with Crippen LogP contribution in [-0.2, 0) is 0 Å². The van der Waals surface area contributed by atoms with E-state index in [2.05, 4.69) is 10.6 Å². The van der Waals surface area contributed by atoms with Crippen molar-refractivity contribution in [2.75, 3.05) is 13.1 Å². The highest BCUT2D eigenvalue weighted by Gasteiger charge is 2.15. The number of aryl methyl sites for hydroxylation is 2. The Bertz CT molecular complexity index is 414. The molecule has 1 aromatic rings. The van der Waals surface area contributed by atoms with Gasteiger partial charge in [-0.1, -0.05) is 17.7 Å². The van der Waals surface area contributed by atoms with Gasteiger partial charge in [-0.3, -0.25) is 4.79 Å². The van der Waals surface area contributed by atoms with Gasteiger partial charge in [0.2, 0.25) is 0 Å². The Morgan fingerprint density at radius 3 is 2.83 bits per heavy atom. The third-order valence-electron chi connectivity index (χ3n) is 3.30. The first-order valence-electron chi connectivity index (χ1n) is 6.25. The highest BCUT2D eigenvalue weighted by molar-refractivity contribution is 5.95. The van der Waals surface area contributed by atoms with Crippen LogP contribution in [0.3, 0.4) is 0 Å². The lowest BCUT2D eigenvalue weighted by atomic mass is 10.1. The summed E-state index contributed by atoms with van der Waals surface area (Å²) in [6, 6.07) is 6.38. The van der Waals surface area contributed by atoms with Gasteiger partial charge in [0.05, 0.1) is 0 Å². The van der Waals surface area contributed by atoms with Crippen LogP contribution >= 0.6 is 12.4 Å². The number of nitrogens with one attached hydrogen (secondary N) is 2. The number of hydrogen-bond donors (Lipinski definition) is 2. The van der Waals surface area contributed by atoms with Crippen molar-refractivity contribution in [3.63, 3.8) is 0 Å². The van der Waals surface area contributed by atoms with Crippen LogP contribution in [0.15, 0.2) is 18.2 Å². The molecule has 3 nitrogen and oxygen atoms in total. The first kappa shape index (κ1) is 15.0. The Morgan fingerprint density at radius 2 is 2.22 bits per heavy atom. The van der Waals surface area contributed by atoms with Crippen molar-refractivity contribution >= 4 is 18.3 Å². The number of amides is 1. The molecule has 0 aliphatic carbocycles. The minimum Gasteiger partial charge on any atom is -0.350 e. The van der Waals surface area contributed by atoms with E-state index in [1.807, 2.05) is 32.0 Å². The Kier molecular flexibility index (Phi) is 5.63. The van der Waals surface area contributed by atoms with Gasteiger partial charge in [-0.15, -0.1) is 12.4 Å². The van der Waals surface area contributed by atoms with E-state index in [9.17, 15) is 4.79 Å². The lowest BCUT2D eigenvalue weighted by Crippen LogP contribution is -2.37. The quantitative estimate of drug-likeness (QED) is 0.883. The van der Waals surface area contributed by atoms with Crippen LogP contribution in [0.1, 0.15) is 34.3 Å². The Hall–Kier alpha value is -1.06. The fourth-order valence-corrected chi connectivity index (χ4v) is 2.31. The van der Waals surface area contributed by atoms with Crippen molar-refractivity contribution < 1.29 is 4.79 Å². The zero-order chi connectivity index (χ0) is 12.3. The Balaban J connectivity index is 0.00000162. The monoisotopic (exact) mass is 268 g/mol. The molecule has 1 amide bonds. The molecule has 4 heteroatoms. The molecule has 0 radical (unpaired) electrons. The SMILES string of the molecule is Cc1ccc(C(=O)NCC2CCCN2)c(C)c1.Cl. The first-order valence-corrected chi connectivity index (χ1v) is 6.25. The van der Waals surface area contributed by atoms with Crippen molar-refractivity contribution in [1.29, 1.82) is 0 Å².